The van der Waals surface area contributed by atoms with Crippen molar-refractivity contribution in [2.75, 3.05) is 5.75 Å². The normalized spacial score (nSPS) is 10.9. The van der Waals surface area contributed by atoms with Gasteiger partial charge in [-0.15, -0.1) is 0 Å². The Hall–Kier alpha value is -0.890. The van der Waals surface area contributed by atoms with Gasteiger partial charge in [-0.05, 0) is 24.7 Å². The summed E-state index contributed by atoms with van der Waals surface area (Å²) in [5.41, 5.74) is 1.79. The molecule has 0 aliphatic heterocycles. The average molecular weight is 194 g/mol. The maximum absolute atomic E-state index is 9.63. The minimum Gasteiger partial charge on any atom is -0.507 e. The largest absolute Gasteiger partial charge is 0.507 e. The van der Waals surface area contributed by atoms with E-state index in [2.05, 4.69) is 12.6 Å². The summed E-state index contributed by atoms with van der Waals surface area (Å²) < 4.78 is 0. The first-order chi connectivity index (χ1) is 6.25. The molecular formula is C11H14OS. The van der Waals surface area contributed by atoms with Crippen LogP contribution in [-0.4, -0.2) is 10.9 Å². The number of benzene rings is 1. The third-order valence-electron chi connectivity index (χ3n) is 1.86. The summed E-state index contributed by atoms with van der Waals surface area (Å²) in [4.78, 5) is 0. The molecule has 1 rings (SSSR count). The van der Waals surface area contributed by atoms with Crippen LogP contribution in [0.5, 0.6) is 5.75 Å². The minimum absolute atomic E-state index is 0.373. The molecule has 0 unspecified atom stereocenters. The third-order valence-corrected chi connectivity index (χ3v) is 2.12. The van der Waals surface area contributed by atoms with Crippen molar-refractivity contribution in [3.05, 3.63) is 35.4 Å². The van der Waals surface area contributed by atoms with Crippen molar-refractivity contribution in [2.45, 2.75) is 13.3 Å². The molecule has 1 aromatic carbocycles. The highest BCUT2D eigenvalue weighted by Crippen LogP contribution is 2.22. The second-order valence-electron chi connectivity index (χ2n) is 2.93. The highest BCUT2D eigenvalue weighted by molar-refractivity contribution is 7.80. The molecule has 0 saturated carbocycles. The number of aromatic hydroxyl groups is 1. The molecule has 0 aliphatic carbocycles. The summed E-state index contributed by atoms with van der Waals surface area (Å²) in [6.45, 7) is 1.89. The maximum Gasteiger partial charge on any atom is 0.125 e. The van der Waals surface area contributed by atoms with E-state index < -0.39 is 0 Å². The number of hydrogen-bond donors (Lipinski definition) is 2. The molecule has 0 saturated heterocycles. The van der Waals surface area contributed by atoms with Gasteiger partial charge >= 0.3 is 0 Å². The lowest BCUT2D eigenvalue weighted by molar-refractivity contribution is 0.470. The fourth-order valence-electron chi connectivity index (χ4n) is 1.10. The van der Waals surface area contributed by atoms with Crippen LogP contribution in [0.25, 0.3) is 6.08 Å². The molecule has 0 spiro atoms. The average Bonchev–Trinajstić information content (AvgIpc) is 2.13. The predicted molar refractivity (Wildman–Crippen MR) is 60.3 cm³/mol. The Morgan fingerprint density at radius 1 is 1.46 bits per heavy atom. The van der Waals surface area contributed by atoms with E-state index in [-0.39, 0.29) is 0 Å². The number of allylic oxidation sites excluding steroid dienone is 1. The Morgan fingerprint density at radius 3 is 2.92 bits per heavy atom. The van der Waals surface area contributed by atoms with Gasteiger partial charge in [0.15, 0.2) is 0 Å². The van der Waals surface area contributed by atoms with Gasteiger partial charge < -0.3 is 5.11 Å². The SMILES string of the molecule is Cc1cccc(C=CCCS)c1O. The van der Waals surface area contributed by atoms with Crippen LogP contribution in [0.1, 0.15) is 17.5 Å². The number of phenolic OH excluding ortho intramolecular Hbond substituents is 1. The van der Waals surface area contributed by atoms with Crippen molar-refractivity contribution in [3.63, 3.8) is 0 Å². The van der Waals surface area contributed by atoms with E-state index in [1.54, 1.807) is 0 Å². The zero-order valence-electron chi connectivity index (χ0n) is 7.70. The number of hydrogen-bond acceptors (Lipinski definition) is 2. The number of rotatable bonds is 3. The van der Waals surface area contributed by atoms with E-state index in [0.717, 1.165) is 23.3 Å². The molecule has 0 amide bonds. The number of thiol groups is 1. The zero-order valence-corrected chi connectivity index (χ0v) is 8.59. The molecule has 0 aromatic heterocycles. The Balaban J connectivity index is 2.83. The monoisotopic (exact) mass is 194 g/mol. The summed E-state index contributed by atoms with van der Waals surface area (Å²) in [6.07, 6.45) is 4.87. The first-order valence-corrected chi connectivity index (χ1v) is 4.95. The molecule has 70 valence electrons. The fraction of sp³-hybridized carbons (Fsp3) is 0.273. The van der Waals surface area contributed by atoms with Gasteiger partial charge in [-0.1, -0.05) is 30.4 Å². The standard InChI is InChI=1S/C11H14OS/c1-9-5-4-7-10(11(9)12)6-2-3-8-13/h2,4-7,12-13H,3,8H2,1H3. The van der Waals surface area contributed by atoms with Crippen LogP contribution >= 0.6 is 12.6 Å². The number of phenols is 1. The zero-order chi connectivity index (χ0) is 9.68. The second-order valence-corrected chi connectivity index (χ2v) is 3.37. The highest BCUT2D eigenvalue weighted by atomic mass is 32.1. The lowest BCUT2D eigenvalue weighted by Gasteiger charge is -2.01. The molecule has 2 heteroatoms. The van der Waals surface area contributed by atoms with Gasteiger partial charge in [-0.25, -0.2) is 0 Å². The van der Waals surface area contributed by atoms with Crippen LogP contribution in [0, 0.1) is 6.92 Å². The quantitative estimate of drug-likeness (QED) is 0.709. The van der Waals surface area contributed by atoms with Gasteiger partial charge in [0.1, 0.15) is 5.75 Å². The maximum atomic E-state index is 9.63. The molecule has 13 heavy (non-hydrogen) atoms. The van der Waals surface area contributed by atoms with E-state index in [9.17, 15) is 5.11 Å². The Morgan fingerprint density at radius 2 is 2.23 bits per heavy atom. The van der Waals surface area contributed by atoms with Crippen LogP contribution in [0.4, 0.5) is 0 Å². The van der Waals surface area contributed by atoms with Crippen LogP contribution in [0.15, 0.2) is 24.3 Å². The van der Waals surface area contributed by atoms with Crippen molar-refractivity contribution < 1.29 is 5.11 Å². The van der Waals surface area contributed by atoms with Gasteiger partial charge in [0.05, 0.1) is 0 Å². The molecule has 0 heterocycles. The summed E-state index contributed by atoms with van der Waals surface area (Å²) >= 11 is 4.10. The molecule has 0 atom stereocenters. The third kappa shape index (κ3) is 2.81. The van der Waals surface area contributed by atoms with Crippen molar-refractivity contribution in [2.24, 2.45) is 0 Å². The fourth-order valence-corrected chi connectivity index (χ4v) is 1.25. The topological polar surface area (TPSA) is 20.2 Å². The van der Waals surface area contributed by atoms with Gasteiger partial charge in [-0.2, -0.15) is 12.6 Å². The Kier molecular flexibility index (Phi) is 3.90. The lowest BCUT2D eigenvalue weighted by atomic mass is 10.1. The summed E-state index contributed by atoms with van der Waals surface area (Å²) in [6, 6.07) is 5.73. The number of para-hydroxylation sites is 1. The molecule has 1 N–H and O–H groups in total. The molecular weight excluding hydrogens is 180 g/mol. The highest BCUT2D eigenvalue weighted by Gasteiger charge is 1.98. The minimum atomic E-state index is 0.373. The van der Waals surface area contributed by atoms with Gasteiger partial charge in [0.2, 0.25) is 0 Å². The van der Waals surface area contributed by atoms with Gasteiger partial charge in [0, 0.05) is 5.56 Å². The Bertz CT molecular complexity index is 305. The Labute approximate surface area is 84.5 Å². The molecule has 1 nitrogen and oxygen atoms in total. The first kappa shape index (κ1) is 10.2. The summed E-state index contributed by atoms with van der Waals surface area (Å²) in [5, 5.41) is 9.63. The molecule has 0 radical (unpaired) electrons. The lowest BCUT2D eigenvalue weighted by Crippen LogP contribution is -1.79. The van der Waals surface area contributed by atoms with Gasteiger partial charge in [-0.3, -0.25) is 0 Å². The van der Waals surface area contributed by atoms with Gasteiger partial charge in [0.25, 0.3) is 0 Å². The van der Waals surface area contributed by atoms with Crippen molar-refractivity contribution in [1.29, 1.82) is 0 Å². The van der Waals surface area contributed by atoms with Crippen LogP contribution in [0.2, 0.25) is 0 Å². The van der Waals surface area contributed by atoms with Crippen LogP contribution < -0.4 is 0 Å². The summed E-state index contributed by atoms with van der Waals surface area (Å²) in [5.74, 6) is 1.21. The smallest absolute Gasteiger partial charge is 0.125 e. The van der Waals surface area contributed by atoms with E-state index in [1.165, 1.54) is 0 Å². The van der Waals surface area contributed by atoms with Crippen LogP contribution in [-0.2, 0) is 0 Å². The molecule has 0 fully saturated rings. The van der Waals surface area contributed by atoms with E-state index in [4.69, 9.17) is 0 Å². The molecule has 0 aliphatic rings. The molecule has 0 bridgehead atoms. The van der Waals surface area contributed by atoms with E-state index in [1.807, 2.05) is 37.3 Å². The van der Waals surface area contributed by atoms with E-state index >= 15 is 0 Å². The predicted octanol–water partition coefficient (Wildman–Crippen LogP) is 3.03. The second kappa shape index (κ2) is 4.97. The van der Waals surface area contributed by atoms with E-state index in [0.29, 0.717) is 5.75 Å². The first-order valence-electron chi connectivity index (χ1n) is 4.31. The van der Waals surface area contributed by atoms with Crippen LogP contribution in [0.3, 0.4) is 0 Å². The molecule has 1 aromatic rings. The van der Waals surface area contributed by atoms with Crippen molar-refractivity contribution in [3.8, 4) is 5.75 Å². The number of aryl methyl sites for hydroxylation is 1. The summed E-state index contributed by atoms with van der Waals surface area (Å²) in [7, 11) is 0. The van der Waals surface area contributed by atoms with Crippen molar-refractivity contribution >= 4 is 18.7 Å². The van der Waals surface area contributed by atoms with Crippen molar-refractivity contribution in [1.82, 2.24) is 0 Å².